The highest BCUT2D eigenvalue weighted by Gasteiger charge is 2.26. The molecule has 118 valence electrons. The first kappa shape index (κ1) is 15.0. The number of imidazole rings is 1. The van der Waals surface area contributed by atoms with Crippen molar-refractivity contribution in [2.45, 2.75) is 38.8 Å². The molecule has 21 heavy (non-hydrogen) atoms. The lowest BCUT2D eigenvalue weighted by Crippen LogP contribution is -2.29. The fourth-order valence-electron chi connectivity index (χ4n) is 3.64. The summed E-state index contributed by atoms with van der Waals surface area (Å²) < 4.78 is 7.72. The zero-order valence-corrected chi connectivity index (χ0v) is 13.1. The summed E-state index contributed by atoms with van der Waals surface area (Å²) in [6.07, 6.45) is 7.65. The molecule has 2 fully saturated rings. The number of aromatic nitrogens is 2. The lowest BCUT2D eigenvalue weighted by molar-refractivity contribution is 0.180. The quantitative estimate of drug-likeness (QED) is 0.866. The number of nitrogens with two attached hydrogens (primary N) is 1. The van der Waals surface area contributed by atoms with Crippen LogP contribution in [-0.4, -0.2) is 47.3 Å². The van der Waals surface area contributed by atoms with E-state index in [1.54, 1.807) is 0 Å². The predicted octanol–water partition coefficient (Wildman–Crippen LogP) is 1.65. The van der Waals surface area contributed by atoms with Crippen molar-refractivity contribution in [2.75, 3.05) is 32.8 Å². The van der Waals surface area contributed by atoms with Crippen LogP contribution in [0.4, 0.5) is 0 Å². The molecular weight excluding hydrogens is 264 g/mol. The minimum absolute atomic E-state index is 0.0500. The number of nitrogens with zero attached hydrogens (tertiary/aromatic N) is 3. The molecule has 3 unspecified atom stereocenters. The summed E-state index contributed by atoms with van der Waals surface area (Å²) >= 11 is 0. The first-order valence-electron chi connectivity index (χ1n) is 8.29. The lowest BCUT2D eigenvalue weighted by atomic mass is 9.97. The highest BCUT2D eigenvalue weighted by molar-refractivity contribution is 5.07. The molecule has 0 radical (unpaired) electrons. The Morgan fingerprint density at radius 1 is 1.38 bits per heavy atom. The van der Waals surface area contributed by atoms with Gasteiger partial charge >= 0.3 is 0 Å². The molecule has 2 aliphatic rings. The van der Waals surface area contributed by atoms with E-state index < -0.39 is 0 Å². The molecule has 1 aromatic rings. The van der Waals surface area contributed by atoms with Gasteiger partial charge in [0.05, 0.1) is 24.7 Å². The minimum Gasteiger partial charge on any atom is -0.381 e. The van der Waals surface area contributed by atoms with Gasteiger partial charge in [-0.15, -0.1) is 0 Å². The zero-order chi connectivity index (χ0) is 14.7. The number of hydrogen-bond donors (Lipinski definition) is 1. The van der Waals surface area contributed by atoms with Crippen LogP contribution in [0.25, 0.3) is 0 Å². The van der Waals surface area contributed by atoms with E-state index in [0.29, 0.717) is 11.8 Å². The Kier molecular flexibility index (Phi) is 4.93. The van der Waals surface area contributed by atoms with Crippen LogP contribution in [0, 0.1) is 11.8 Å². The Balaban J connectivity index is 1.58. The molecule has 0 aromatic carbocycles. The van der Waals surface area contributed by atoms with Gasteiger partial charge in [-0.25, -0.2) is 4.98 Å². The topological polar surface area (TPSA) is 56.3 Å². The average Bonchev–Trinajstić information content (AvgIpc) is 3.20. The second kappa shape index (κ2) is 6.90. The summed E-state index contributed by atoms with van der Waals surface area (Å²) in [4.78, 5) is 6.90. The lowest BCUT2D eigenvalue weighted by Gasteiger charge is -2.24. The molecular formula is C16H28N4O. The SMILES string of the molecule is CC(CN1CCCC1)Cn1cncc1C(N)C1CCOC1. The van der Waals surface area contributed by atoms with Crippen LogP contribution in [0.2, 0.25) is 0 Å². The fraction of sp³-hybridized carbons (Fsp3) is 0.812. The summed E-state index contributed by atoms with van der Waals surface area (Å²) in [5, 5.41) is 0. The van der Waals surface area contributed by atoms with E-state index in [-0.39, 0.29) is 6.04 Å². The van der Waals surface area contributed by atoms with E-state index >= 15 is 0 Å². The standard InChI is InChI=1S/C16H28N4O/c1-13(9-19-5-2-3-6-19)10-20-12-18-8-15(20)16(17)14-4-7-21-11-14/h8,12-14,16H,2-7,9-11,17H2,1H3. The van der Waals surface area contributed by atoms with Gasteiger partial charge in [-0.05, 0) is 38.3 Å². The Morgan fingerprint density at radius 2 is 2.19 bits per heavy atom. The van der Waals surface area contributed by atoms with Gasteiger partial charge in [0.15, 0.2) is 0 Å². The van der Waals surface area contributed by atoms with Crippen LogP contribution in [0.3, 0.4) is 0 Å². The van der Waals surface area contributed by atoms with Crippen molar-refractivity contribution in [3.8, 4) is 0 Å². The van der Waals surface area contributed by atoms with E-state index in [9.17, 15) is 0 Å². The van der Waals surface area contributed by atoms with Crippen molar-refractivity contribution in [1.82, 2.24) is 14.5 Å². The molecule has 2 aliphatic heterocycles. The number of hydrogen-bond acceptors (Lipinski definition) is 4. The van der Waals surface area contributed by atoms with Gasteiger partial charge < -0.3 is 19.9 Å². The molecule has 5 nitrogen and oxygen atoms in total. The summed E-state index contributed by atoms with van der Waals surface area (Å²) in [5.74, 6) is 1.07. The maximum Gasteiger partial charge on any atom is 0.0948 e. The number of rotatable bonds is 6. The molecule has 2 N–H and O–H groups in total. The normalized spacial score (nSPS) is 26.3. The van der Waals surface area contributed by atoms with Crippen molar-refractivity contribution in [3.63, 3.8) is 0 Å². The molecule has 5 heteroatoms. The monoisotopic (exact) mass is 292 g/mol. The first-order chi connectivity index (χ1) is 10.2. The van der Waals surface area contributed by atoms with E-state index in [1.165, 1.54) is 38.2 Å². The molecule has 1 aromatic heterocycles. The predicted molar refractivity (Wildman–Crippen MR) is 82.9 cm³/mol. The van der Waals surface area contributed by atoms with Crippen molar-refractivity contribution >= 4 is 0 Å². The minimum atomic E-state index is 0.0500. The van der Waals surface area contributed by atoms with Crippen molar-refractivity contribution in [1.29, 1.82) is 0 Å². The van der Waals surface area contributed by atoms with E-state index in [2.05, 4.69) is 21.4 Å². The third kappa shape index (κ3) is 3.65. The Labute approximate surface area is 127 Å². The summed E-state index contributed by atoms with van der Waals surface area (Å²) in [6, 6.07) is 0.0500. The molecule has 0 aliphatic carbocycles. The van der Waals surface area contributed by atoms with Gasteiger partial charge in [-0.3, -0.25) is 0 Å². The summed E-state index contributed by atoms with van der Waals surface area (Å²) in [5.41, 5.74) is 7.60. The van der Waals surface area contributed by atoms with Crippen LogP contribution < -0.4 is 5.73 Å². The van der Waals surface area contributed by atoms with E-state index in [4.69, 9.17) is 10.5 Å². The van der Waals surface area contributed by atoms with Gasteiger partial charge in [0.2, 0.25) is 0 Å². The highest BCUT2D eigenvalue weighted by atomic mass is 16.5. The highest BCUT2D eigenvalue weighted by Crippen LogP contribution is 2.27. The van der Waals surface area contributed by atoms with E-state index in [0.717, 1.165) is 26.2 Å². The van der Waals surface area contributed by atoms with Crippen LogP contribution in [0.15, 0.2) is 12.5 Å². The van der Waals surface area contributed by atoms with Crippen LogP contribution in [0.1, 0.15) is 37.9 Å². The van der Waals surface area contributed by atoms with Crippen molar-refractivity contribution in [2.24, 2.45) is 17.6 Å². The smallest absolute Gasteiger partial charge is 0.0948 e. The largest absolute Gasteiger partial charge is 0.381 e. The Bertz CT molecular complexity index is 435. The molecule has 0 saturated carbocycles. The van der Waals surface area contributed by atoms with Crippen molar-refractivity contribution < 1.29 is 4.74 Å². The zero-order valence-electron chi connectivity index (χ0n) is 13.1. The third-order valence-corrected chi connectivity index (χ3v) is 4.84. The Morgan fingerprint density at radius 3 is 2.90 bits per heavy atom. The van der Waals surface area contributed by atoms with Crippen molar-refractivity contribution in [3.05, 3.63) is 18.2 Å². The third-order valence-electron chi connectivity index (χ3n) is 4.84. The number of ether oxygens (including phenoxy) is 1. The molecule has 3 rings (SSSR count). The van der Waals surface area contributed by atoms with Gasteiger partial charge in [0.1, 0.15) is 0 Å². The fourth-order valence-corrected chi connectivity index (χ4v) is 3.64. The molecule has 0 bridgehead atoms. The van der Waals surface area contributed by atoms with Gasteiger partial charge in [0, 0.05) is 31.8 Å². The number of likely N-dealkylation sites (tertiary alicyclic amines) is 1. The van der Waals surface area contributed by atoms with E-state index in [1.807, 2.05) is 12.5 Å². The maximum absolute atomic E-state index is 6.43. The maximum atomic E-state index is 6.43. The summed E-state index contributed by atoms with van der Waals surface area (Å²) in [7, 11) is 0. The molecule has 3 atom stereocenters. The Hall–Kier alpha value is -0.910. The van der Waals surface area contributed by atoms with Gasteiger partial charge in [0.25, 0.3) is 0 Å². The summed E-state index contributed by atoms with van der Waals surface area (Å²) in [6.45, 7) is 8.67. The van der Waals surface area contributed by atoms with Gasteiger partial charge in [-0.2, -0.15) is 0 Å². The molecule has 3 heterocycles. The molecule has 0 amide bonds. The second-order valence-electron chi connectivity index (χ2n) is 6.73. The van der Waals surface area contributed by atoms with Crippen LogP contribution >= 0.6 is 0 Å². The van der Waals surface area contributed by atoms with Crippen LogP contribution in [0.5, 0.6) is 0 Å². The molecule has 2 saturated heterocycles. The first-order valence-corrected chi connectivity index (χ1v) is 8.29. The van der Waals surface area contributed by atoms with Gasteiger partial charge in [-0.1, -0.05) is 6.92 Å². The molecule has 0 spiro atoms. The second-order valence-corrected chi connectivity index (χ2v) is 6.73. The average molecular weight is 292 g/mol. The van der Waals surface area contributed by atoms with Crippen LogP contribution in [-0.2, 0) is 11.3 Å².